The first kappa shape index (κ1) is 12.8. The molecule has 0 spiro atoms. The Morgan fingerprint density at radius 3 is 2.76 bits per heavy atom. The predicted octanol–water partition coefficient (Wildman–Crippen LogP) is -0.215. The minimum absolute atomic E-state index is 0.0847. The van der Waals surface area contributed by atoms with Gasteiger partial charge in [0.15, 0.2) is 0 Å². The lowest BCUT2D eigenvalue weighted by Gasteiger charge is -2.39. The maximum Gasteiger partial charge on any atom is 0.246 e. The molecule has 1 saturated carbocycles. The van der Waals surface area contributed by atoms with Crippen molar-refractivity contribution in [1.29, 1.82) is 0 Å². The SMILES string of the molecule is CC1(OCC(=O)N[C@H]2CCCC[C@@H]2O)CNC1. The van der Waals surface area contributed by atoms with E-state index in [1.165, 1.54) is 0 Å². The van der Waals surface area contributed by atoms with Crippen LogP contribution in [0.25, 0.3) is 0 Å². The highest BCUT2D eigenvalue weighted by atomic mass is 16.5. The van der Waals surface area contributed by atoms with E-state index < -0.39 is 6.10 Å². The highest BCUT2D eigenvalue weighted by Gasteiger charge is 2.33. The first-order chi connectivity index (χ1) is 8.09. The van der Waals surface area contributed by atoms with Gasteiger partial charge in [0.2, 0.25) is 5.91 Å². The van der Waals surface area contributed by atoms with E-state index in [0.29, 0.717) is 0 Å². The van der Waals surface area contributed by atoms with Crippen LogP contribution in [0, 0.1) is 0 Å². The second-order valence-electron chi connectivity index (χ2n) is 5.37. The van der Waals surface area contributed by atoms with Crippen molar-refractivity contribution in [3.05, 3.63) is 0 Å². The zero-order valence-corrected chi connectivity index (χ0v) is 10.4. The standard InChI is InChI=1S/C12H22N2O3/c1-12(7-13-8-12)17-6-11(16)14-9-4-2-3-5-10(9)15/h9-10,13,15H,2-8H2,1H3,(H,14,16)/t9-,10-/m0/s1. The smallest absolute Gasteiger partial charge is 0.246 e. The second kappa shape index (κ2) is 5.33. The number of carbonyl (C=O) groups is 1. The molecule has 0 bridgehead atoms. The van der Waals surface area contributed by atoms with Gasteiger partial charge in [-0.05, 0) is 19.8 Å². The van der Waals surface area contributed by atoms with Crippen LogP contribution in [0.4, 0.5) is 0 Å². The first-order valence-corrected chi connectivity index (χ1v) is 6.41. The predicted molar refractivity (Wildman–Crippen MR) is 63.6 cm³/mol. The lowest BCUT2D eigenvalue weighted by atomic mass is 9.92. The van der Waals surface area contributed by atoms with Gasteiger partial charge in [0.1, 0.15) is 6.61 Å². The highest BCUT2D eigenvalue weighted by molar-refractivity contribution is 5.77. The van der Waals surface area contributed by atoms with Gasteiger partial charge in [-0.3, -0.25) is 4.79 Å². The second-order valence-corrected chi connectivity index (χ2v) is 5.37. The summed E-state index contributed by atoms with van der Waals surface area (Å²) < 4.78 is 5.55. The zero-order valence-electron chi connectivity index (χ0n) is 10.4. The third-order valence-corrected chi connectivity index (χ3v) is 3.63. The molecular weight excluding hydrogens is 220 g/mol. The molecule has 17 heavy (non-hydrogen) atoms. The molecule has 2 atom stereocenters. The van der Waals surface area contributed by atoms with Crippen LogP contribution in [0.15, 0.2) is 0 Å². The monoisotopic (exact) mass is 242 g/mol. The molecule has 1 aliphatic carbocycles. The van der Waals surface area contributed by atoms with Crippen LogP contribution in [-0.2, 0) is 9.53 Å². The number of carbonyl (C=O) groups excluding carboxylic acids is 1. The lowest BCUT2D eigenvalue weighted by Crippen LogP contribution is -2.60. The summed E-state index contributed by atoms with van der Waals surface area (Å²) in [6.07, 6.45) is 3.38. The van der Waals surface area contributed by atoms with Gasteiger partial charge >= 0.3 is 0 Å². The Balaban J connectivity index is 1.69. The fourth-order valence-electron chi connectivity index (χ4n) is 2.35. The van der Waals surface area contributed by atoms with Crippen molar-refractivity contribution in [2.45, 2.75) is 50.4 Å². The number of aliphatic hydroxyl groups excluding tert-OH is 1. The van der Waals surface area contributed by atoms with Gasteiger partial charge < -0.3 is 20.5 Å². The summed E-state index contributed by atoms with van der Waals surface area (Å²) in [4.78, 5) is 11.7. The van der Waals surface area contributed by atoms with E-state index in [9.17, 15) is 9.90 Å². The fourth-order valence-corrected chi connectivity index (χ4v) is 2.35. The minimum Gasteiger partial charge on any atom is -0.391 e. The number of aliphatic hydroxyl groups is 1. The van der Waals surface area contributed by atoms with Crippen molar-refractivity contribution in [1.82, 2.24) is 10.6 Å². The molecule has 1 amide bonds. The lowest BCUT2D eigenvalue weighted by molar-refractivity contribution is -0.137. The molecule has 2 aliphatic rings. The molecule has 5 nitrogen and oxygen atoms in total. The van der Waals surface area contributed by atoms with E-state index in [1.54, 1.807) is 0 Å². The van der Waals surface area contributed by atoms with Crippen LogP contribution < -0.4 is 10.6 Å². The van der Waals surface area contributed by atoms with Gasteiger partial charge in [-0.1, -0.05) is 12.8 Å². The maximum absolute atomic E-state index is 11.7. The maximum atomic E-state index is 11.7. The van der Waals surface area contributed by atoms with Gasteiger partial charge in [0, 0.05) is 13.1 Å². The van der Waals surface area contributed by atoms with Gasteiger partial charge in [-0.25, -0.2) is 0 Å². The van der Waals surface area contributed by atoms with Crippen molar-refractivity contribution in [3.8, 4) is 0 Å². The number of hydrogen-bond acceptors (Lipinski definition) is 4. The van der Waals surface area contributed by atoms with Gasteiger partial charge in [-0.2, -0.15) is 0 Å². The summed E-state index contributed by atoms with van der Waals surface area (Å²) in [5.41, 5.74) is -0.192. The molecule has 2 rings (SSSR count). The summed E-state index contributed by atoms with van der Waals surface area (Å²) >= 11 is 0. The molecule has 5 heteroatoms. The Bertz CT molecular complexity index is 279. The van der Waals surface area contributed by atoms with Crippen LogP contribution in [0.5, 0.6) is 0 Å². The van der Waals surface area contributed by atoms with Gasteiger partial charge in [0.25, 0.3) is 0 Å². The van der Waals surface area contributed by atoms with E-state index in [2.05, 4.69) is 10.6 Å². The van der Waals surface area contributed by atoms with Crippen molar-refractivity contribution < 1.29 is 14.6 Å². The zero-order chi connectivity index (χ0) is 12.3. The summed E-state index contributed by atoms with van der Waals surface area (Å²) in [6.45, 7) is 3.67. The fraction of sp³-hybridized carbons (Fsp3) is 0.917. The molecular formula is C12H22N2O3. The molecule has 1 aliphatic heterocycles. The molecule has 2 fully saturated rings. The third kappa shape index (κ3) is 3.40. The molecule has 0 radical (unpaired) electrons. The van der Waals surface area contributed by atoms with Crippen LogP contribution in [0.3, 0.4) is 0 Å². The molecule has 1 saturated heterocycles. The van der Waals surface area contributed by atoms with E-state index in [-0.39, 0.29) is 24.2 Å². The summed E-state index contributed by atoms with van der Waals surface area (Å²) in [6, 6.07) is -0.0906. The Morgan fingerprint density at radius 2 is 2.18 bits per heavy atom. The first-order valence-electron chi connectivity index (χ1n) is 6.41. The number of amides is 1. The van der Waals surface area contributed by atoms with Crippen molar-refractivity contribution in [3.63, 3.8) is 0 Å². The van der Waals surface area contributed by atoms with Crippen LogP contribution in [-0.4, -0.2) is 48.5 Å². The van der Waals surface area contributed by atoms with Crippen molar-refractivity contribution in [2.75, 3.05) is 19.7 Å². The van der Waals surface area contributed by atoms with Crippen LogP contribution in [0.2, 0.25) is 0 Å². The van der Waals surface area contributed by atoms with Gasteiger partial charge in [-0.15, -0.1) is 0 Å². The molecule has 1 heterocycles. The average molecular weight is 242 g/mol. The topological polar surface area (TPSA) is 70.6 Å². The molecule has 3 N–H and O–H groups in total. The molecule has 0 unspecified atom stereocenters. The van der Waals surface area contributed by atoms with Gasteiger partial charge in [0.05, 0.1) is 17.7 Å². The highest BCUT2D eigenvalue weighted by Crippen LogP contribution is 2.18. The Hall–Kier alpha value is -0.650. The van der Waals surface area contributed by atoms with Crippen LogP contribution >= 0.6 is 0 Å². The molecule has 0 aromatic rings. The number of hydrogen-bond donors (Lipinski definition) is 3. The molecule has 98 valence electrons. The van der Waals surface area contributed by atoms with Crippen LogP contribution in [0.1, 0.15) is 32.6 Å². The minimum atomic E-state index is -0.395. The van der Waals surface area contributed by atoms with Crippen molar-refractivity contribution >= 4 is 5.91 Å². The average Bonchev–Trinajstić information content (AvgIpc) is 2.27. The Kier molecular flexibility index (Phi) is 4.01. The van der Waals surface area contributed by atoms with Crippen molar-refractivity contribution in [2.24, 2.45) is 0 Å². The normalized spacial score (nSPS) is 31.6. The number of nitrogens with one attached hydrogen (secondary N) is 2. The quantitative estimate of drug-likeness (QED) is 0.637. The summed E-state index contributed by atoms with van der Waals surface area (Å²) in [5, 5.41) is 15.7. The number of ether oxygens (including phenoxy) is 1. The largest absolute Gasteiger partial charge is 0.391 e. The van der Waals surface area contributed by atoms with E-state index in [1.807, 2.05) is 6.92 Å². The molecule has 0 aromatic heterocycles. The van der Waals surface area contributed by atoms with E-state index in [4.69, 9.17) is 4.74 Å². The third-order valence-electron chi connectivity index (χ3n) is 3.63. The van der Waals surface area contributed by atoms with E-state index in [0.717, 1.165) is 38.8 Å². The molecule has 0 aromatic carbocycles. The summed E-state index contributed by atoms with van der Waals surface area (Å²) in [7, 11) is 0. The Morgan fingerprint density at radius 1 is 1.47 bits per heavy atom. The van der Waals surface area contributed by atoms with E-state index >= 15 is 0 Å². The number of rotatable bonds is 4. The summed E-state index contributed by atoms with van der Waals surface area (Å²) in [5.74, 6) is -0.121. The Labute approximate surface area is 102 Å².